The number of nitrogens with zero attached hydrogens (tertiary/aromatic N) is 2. The number of benzene rings is 4. The molecule has 1 N–H and O–H groups in total. The highest BCUT2D eigenvalue weighted by atomic mass is 35.5. The van der Waals surface area contributed by atoms with Crippen LogP contribution < -0.4 is 9.62 Å². The van der Waals surface area contributed by atoms with E-state index in [-0.39, 0.29) is 29.8 Å². The zero-order valence-electron chi connectivity index (χ0n) is 24.8. The summed E-state index contributed by atoms with van der Waals surface area (Å²) < 4.78 is 42.9. The molecule has 0 aromatic heterocycles. The maximum atomic E-state index is 14.4. The Kier molecular flexibility index (Phi) is 10.8. The molecule has 0 spiro atoms. The molecule has 0 unspecified atom stereocenters. The highest BCUT2D eigenvalue weighted by Gasteiger charge is 2.34. The summed E-state index contributed by atoms with van der Waals surface area (Å²) in [5.41, 5.74) is 2.49. The highest BCUT2D eigenvalue weighted by molar-refractivity contribution is 7.92. The first-order chi connectivity index (χ1) is 20.9. The number of anilines is 1. The quantitative estimate of drug-likeness (QED) is 0.202. The van der Waals surface area contributed by atoms with E-state index in [9.17, 15) is 22.4 Å². The molecule has 0 aliphatic carbocycles. The van der Waals surface area contributed by atoms with E-state index >= 15 is 0 Å². The van der Waals surface area contributed by atoms with Crippen molar-refractivity contribution in [3.05, 3.63) is 131 Å². The molecule has 4 aromatic rings. The van der Waals surface area contributed by atoms with E-state index in [1.54, 1.807) is 18.2 Å². The minimum absolute atomic E-state index is 0.0420. The molecule has 0 saturated carbocycles. The summed E-state index contributed by atoms with van der Waals surface area (Å²) in [6.07, 6.45) is 0.181. The lowest BCUT2D eigenvalue weighted by Crippen LogP contribution is -2.54. The molecule has 0 aliphatic heterocycles. The number of nitrogens with one attached hydrogen (secondary N) is 1. The first-order valence-electron chi connectivity index (χ1n) is 14.2. The van der Waals surface area contributed by atoms with Gasteiger partial charge < -0.3 is 10.2 Å². The van der Waals surface area contributed by atoms with Crippen LogP contribution in [-0.2, 0) is 32.6 Å². The van der Waals surface area contributed by atoms with Crippen LogP contribution in [0.3, 0.4) is 0 Å². The van der Waals surface area contributed by atoms with Crippen LogP contribution in [0.4, 0.5) is 10.1 Å². The van der Waals surface area contributed by atoms with Crippen molar-refractivity contribution in [2.24, 2.45) is 0 Å². The molecule has 0 aliphatic rings. The predicted octanol–water partition coefficient (Wildman–Crippen LogP) is 6.15. The van der Waals surface area contributed by atoms with E-state index in [1.165, 1.54) is 53.4 Å². The minimum atomic E-state index is -4.24. The van der Waals surface area contributed by atoms with E-state index in [0.29, 0.717) is 16.3 Å². The summed E-state index contributed by atoms with van der Waals surface area (Å²) in [7, 11) is -4.24. The van der Waals surface area contributed by atoms with Crippen molar-refractivity contribution >= 4 is 39.1 Å². The summed E-state index contributed by atoms with van der Waals surface area (Å²) >= 11 is 6.03. The number of aryl methyl sites for hydroxylation is 1. The van der Waals surface area contributed by atoms with E-state index in [1.807, 2.05) is 57.2 Å². The van der Waals surface area contributed by atoms with E-state index < -0.39 is 34.3 Å². The third-order valence-electron chi connectivity index (χ3n) is 6.94. The number of sulfonamides is 1. The van der Waals surface area contributed by atoms with Crippen LogP contribution in [0, 0.1) is 12.7 Å². The number of hydrogen-bond acceptors (Lipinski definition) is 4. The first-order valence-corrected chi connectivity index (χ1v) is 16.0. The minimum Gasteiger partial charge on any atom is -0.352 e. The molecule has 1 atom stereocenters. The standard InChI is InChI=1S/C34H35ClFN3O4S/c1-24(2)37-34(41)32(21-26-9-5-4-6-10-26)38(22-27-12-16-29(36)17-13-27)33(40)23-39(30-11-7-8-25(3)20-30)44(42,43)31-18-14-28(35)15-19-31/h4-20,24,32H,21-23H2,1-3H3,(H,37,41)/t32-/m1/s1. The number of carbonyl (C=O) groups excluding carboxylic acids is 2. The second kappa shape index (κ2) is 14.5. The van der Waals surface area contributed by atoms with Crippen LogP contribution in [-0.4, -0.2) is 43.8 Å². The maximum absolute atomic E-state index is 14.4. The molecule has 0 fully saturated rings. The van der Waals surface area contributed by atoms with Crippen LogP contribution in [0.5, 0.6) is 0 Å². The number of rotatable bonds is 12. The van der Waals surface area contributed by atoms with Gasteiger partial charge in [-0.15, -0.1) is 0 Å². The normalized spacial score (nSPS) is 12.0. The molecule has 0 saturated heterocycles. The molecule has 230 valence electrons. The monoisotopic (exact) mass is 635 g/mol. The van der Waals surface area contributed by atoms with Crippen LogP contribution in [0.25, 0.3) is 0 Å². The van der Waals surface area contributed by atoms with Crippen molar-refractivity contribution < 1.29 is 22.4 Å². The fourth-order valence-electron chi connectivity index (χ4n) is 4.77. The van der Waals surface area contributed by atoms with Crippen molar-refractivity contribution in [1.29, 1.82) is 0 Å². The van der Waals surface area contributed by atoms with Gasteiger partial charge in [-0.05, 0) is 86.0 Å². The number of carbonyl (C=O) groups is 2. The van der Waals surface area contributed by atoms with Crippen molar-refractivity contribution in [1.82, 2.24) is 10.2 Å². The Labute approximate surface area is 263 Å². The molecule has 0 heterocycles. The molecular formula is C34H35ClFN3O4S. The van der Waals surface area contributed by atoms with Gasteiger partial charge in [0.2, 0.25) is 11.8 Å². The molecule has 2 amide bonds. The number of amides is 2. The average molecular weight is 636 g/mol. The summed E-state index contributed by atoms with van der Waals surface area (Å²) in [5, 5.41) is 3.28. The molecule has 4 aromatic carbocycles. The van der Waals surface area contributed by atoms with Gasteiger partial charge in [-0.2, -0.15) is 0 Å². The Morgan fingerprint density at radius 3 is 2.14 bits per heavy atom. The third kappa shape index (κ3) is 8.45. The van der Waals surface area contributed by atoms with Crippen LogP contribution in [0.2, 0.25) is 5.02 Å². The van der Waals surface area contributed by atoms with Crippen LogP contribution in [0.1, 0.15) is 30.5 Å². The topological polar surface area (TPSA) is 86.8 Å². The van der Waals surface area contributed by atoms with Gasteiger partial charge in [0.25, 0.3) is 10.0 Å². The van der Waals surface area contributed by atoms with Gasteiger partial charge in [0.05, 0.1) is 10.6 Å². The Morgan fingerprint density at radius 1 is 0.864 bits per heavy atom. The van der Waals surface area contributed by atoms with Gasteiger partial charge in [0.1, 0.15) is 18.4 Å². The van der Waals surface area contributed by atoms with Crippen molar-refractivity contribution in [2.45, 2.75) is 50.7 Å². The lowest BCUT2D eigenvalue weighted by atomic mass is 10.0. The van der Waals surface area contributed by atoms with Gasteiger partial charge in [0, 0.05) is 24.0 Å². The molecule has 4 rings (SSSR count). The fraction of sp³-hybridized carbons (Fsp3) is 0.235. The summed E-state index contributed by atoms with van der Waals surface area (Å²) in [5.74, 6) is -1.43. The molecule has 0 bridgehead atoms. The number of hydrogen-bond donors (Lipinski definition) is 1. The highest BCUT2D eigenvalue weighted by Crippen LogP contribution is 2.27. The van der Waals surface area contributed by atoms with Gasteiger partial charge >= 0.3 is 0 Å². The van der Waals surface area contributed by atoms with Crippen LogP contribution >= 0.6 is 11.6 Å². The van der Waals surface area contributed by atoms with Gasteiger partial charge in [0.15, 0.2) is 0 Å². The maximum Gasteiger partial charge on any atom is 0.264 e. The smallest absolute Gasteiger partial charge is 0.264 e. The van der Waals surface area contributed by atoms with Gasteiger partial charge in [-0.1, -0.05) is 66.2 Å². The first kappa shape index (κ1) is 32.7. The predicted molar refractivity (Wildman–Crippen MR) is 171 cm³/mol. The molecule has 44 heavy (non-hydrogen) atoms. The van der Waals surface area contributed by atoms with Gasteiger partial charge in [-0.25, -0.2) is 12.8 Å². The lowest BCUT2D eigenvalue weighted by molar-refractivity contribution is -0.140. The van der Waals surface area contributed by atoms with Crippen molar-refractivity contribution in [3.63, 3.8) is 0 Å². The second-order valence-corrected chi connectivity index (χ2v) is 13.1. The zero-order valence-corrected chi connectivity index (χ0v) is 26.4. The van der Waals surface area contributed by atoms with Crippen molar-refractivity contribution in [3.8, 4) is 0 Å². The lowest BCUT2D eigenvalue weighted by Gasteiger charge is -2.34. The number of halogens is 2. The second-order valence-electron chi connectivity index (χ2n) is 10.8. The summed E-state index contributed by atoms with van der Waals surface area (Å²) in [6, 6.07) is 26.2. The largest absolute Gasteiger partial charge is 0.352 e. The van der Waals surface area contributed by atoms with E-state index in [4.69, 9.17) is 11.6 Å². The van der Waals surface area contributed by atoms with Crippen LogP contribution in [0.15, 0.2) is 108 Å². The Bertz CT molecular complexity index is 1680. The summed E-state index contributed by atoms with van der Waals surface area (Å²) in [6.45, 7) is 4.83. The summed E-state index contributed by atoms with van der Waals surface area (Å²) in [4.78, 5) is 29.4. The Balaban J connectivity index is 1.80. The SMILES string of the molecule is Cc1cccc(N(CC(=O)N(Cc2ccc(F)cc2)[C@H](Cc2ccccc2)C(=O)NC(C)C)S(=O)(=O)c2ccc(Cl)cc2)c1. The Hall–Kier alpha value is -4.21. The molecule has 0 radical (unpaired) electrons. The third-order valence-corrected chi connectivity index (χ3v) is 8.98. The molecule has 7 nitrogen and oxygen atoms in total. The zero-order chi connectivity index (χ0) is 31.9. The van der Waals surface area contributed by atoms with E-state index in [0.717, 1.165) is 15.4 Å². The van der Waals surface area contributed by atoms with Gasteiger partial charge in [-0.3, -0.25) is 13.9 Å². The van der Waals surface area contributed by atoms with Crippen molar-refractivity contribution in [2.75, 3.05) is 10.8 Å². The fourth-order valence-corrected chi connectivity index (χ4v) is 6.30. The van der Waals surface area contributed by atoms with E-state index in [2.05, 4.69) is 5.32 Å². The molecular weight excluding hydrogens is 601 g/mol. The molecule has 10 heteroatoms. The average Bonchev–Trinajstić information content (AvgIpc) is 2.98. The Morgan fingerprint density at radius 2 is 1.52 bits per heavy atom.